The van der Waals surface area contributed by atoms with Crippen molar-refractivity contribution in [1.29, 1.82) is 0 Å². The van der Waals surface area contributed by atoms with Gasteiger partial charge in [0.05, 0.1) is 12.3 Å². The van der Waals surface area contributed by atoms with Gasteiger partial charge < -0.3 is 9.84 Å². The summed E-state index contributed by atoms with van der Waals surface area (Å²) >= 11 is 2.23. The molecular formula is C15H16INO2. The summed E-state index contributed by atoms with van der Waals surface area (Å²) in [5.74, 6) is 0.678. The number of aliphatic hydroxyl groups excluding tert-OH is 1. The molecule has 4 heteroatoms. The van der Waals surface area contributed by atoms with Gasteiger partial charge in [-0.05, 0) is 60.2 Å². The minimum absolute atomic E-state index is 0.0897. The van der Waals surface area contributed by atoms with E-state index in [-0.39, 0.29) is 6.10 Å². The van der Waals surface area contributed by atoms with Gasteiger partial charge in [0.1, 0.15) is 11.9 Å². The Morgan fingerprint density at radius 2 is 1.95 bits per heavy atom. The van der Waals surface area contributed by atoms with Crippen LogP contribution in [0.15, 0.2) is 42.7 Å². The third-order valence-electron chi connectivity index (χ3n) is 2.59. The second kappa shape index (κ2) is 6.34. The molecule has 0 bridgehead atoms. The topological polar surface area (TPSA) is 42.4 Å². The molecule has 0 spiro atoms. The highest BCUT2D eigenvalue weighted by Crippen LogP contribution is 2.25. The molecule has 0 amide bonds. The molecule has 1 heterocycles. The van der Waals surface area contributed by atoms with Crippen LogP contribution >= 0.6 is 22.6 Å². The van der Waals surface area contributed by atoms with E-state index in [0.29, 0.717) is 5.75 Å². The summed E-state index contributed by atoms with van der Waals surface area (Å²) in [4.78, 5) is 4.12. The van der Waals surface area contributed by atoms with Crippen LogP contribution in [0.3, 0.4) is 0 Å². The van der Waals surface area contributed by atoms with E-state index in [0.717, 1.165) is 14.7 Å². The van der Waals surface area contributed by atoms with Gasteiger partial charge in [-0.15, -0.1) is 0 Å². The van der Waals surface area contributed by atoms with Crippen molar-refractivity contribution >= 4 is 22.6 Å². The first kappa shape index (κ1) is 14.3. The Hall–Kier alpha value is -1.14. The molecule has 1 unspecified atom stereocenters. The maximum Gasteiger partial charge on any atom is 0.138 e. The average molecular weight is 369 g/mol. The minimum atomic E-state index is -0.682. The van der Waals surface area contributed by atoms with Gasteiger partial charge in [0.25, 0.3) is 0 Å². The number of halogens is 1. The molecule has 1 aromatic carbocycles. The molecular weight excluding hydrogens is 353 g/mol. The summed E-state index contributed by atoms with van der Waals surface area (Å²) < 4.78 is 6.68. The first-order valence-electron chi connectivity index (χ1n) is 6.11. The van der Waals surface area contributed by atoms with Gasteiger partial charge in [0.2, 0.25) is 0 Å². The van der Waals surface area contributed by atoms with Crippen LogP contribution in [0.5, 0.6) is 5.75 Å². The number of nitrogens with zero attached hydrogens (tertiary/aromatic N) is 1. The van der Waals surface area contributed by atoms with Crippen molar-refractivity contribution in [3.05, 3.63) is 57.4 Å². The van der Waals surface area contributed by atoms with E-state index >= 15 is 0 Å². The number of rotatable bonds is 4. The molecule has 1 N–H and O–H groups in total. The second-order valence-corrected chi connectivity index (χ2v) is 5.82. The van der Waals surface area contributed by atoms with Crippen LogP contribution in [0.25, 0.3) is 0 Å². The lowest BCUT2D eigenvalue weighted by Gasteiger charge is -2.14. The third kappa shape index (κ3) is 3.91. The van der Waals surface area contributed by atoms with Crippen molar-refractivity contribution in [2.75, 3.05) is 0 Å². The predicted molar refractivity (Wildman–Crippen MR) is 83.2 cm³/mol. The van der Waals surface area contributed by atoms with E-state index in [9.17, 15) is 5.11 Å². The summed E-state index contributed by atoms with van der Waals surface area (Å²) in [6.45, 7) is 3.92. The lowest BCUT2D eigenvalue weighted by atomic mass is 10.0. The van der Waals surface area contributed by atoms with E-state index in [4.69, 9.17) is 4.74 Å². The Morgan fingerprint density at radius 1 is 1.16 bits per heavy atom. The van der Waals surface area contributed by atoms with Crippen LogP contribution in [0.1, 0.15) is 31.1 Å². The lowest BCUT2D eigenvalue weighted by molar-refractivity contribution is 0.215. The fraction of sp³-hybridized carbons (Fsp3) is 0.267. The second-order valence-electron chi connectivity index (χ2n) is 4.58. The van der Waals surface area contributed by atoms with Crippen LogP contribution in [-0.4, -0.2) is 16.2 Å². The fourth-order valence-electron chi connectivity index (χ4n) is 1.79. The van der Waals surface area contributed by atoms with Crippen molar-refractivity contribution in [3.63, 3.8) is 0 Å². The number of aliphatic hydroxyl groups is 1. The number of ether oxygens (including phenoxy) is 1. The number of hydrogen-bond acceptors (Lipinski definition) is 3. The van der Waals surface area contributed by atoms with Crippen LogP contribution in [0.2, 0.25) is 0 Å². The Balaban J connectivity index is 2.26. The third-order valence-corrected chi connectivity index (χ3v) is 3.26. The van der Waals surface area contributed by atoms with Crippen molar-refractivity contribution in [2.45, 2.75) is 26.1 Å². The summed E-state index contributed by atoms with van der Waals surface area (Å²) in [6.07, 6.45) is 2.73. The van der Waals surface area contributed by atoms with Gasteiger partial charge in [-0.3, -0.25) is 4.98 Å². The zero-order valence-electron chi connectivity index (χ0n) is 10.9. The van der Waals surface area contributed by atoms with Gasteiger partial charge in [0, 0.05) is 15.3 Å². The minimum Gasteiger partial charge on any atom is -0.489 e. The molecule has 0 radical (unpaired) electrons. The molecule has 2 aromatic rings. The molecule has 0 saturated heterocycles. The van der Waals surface area contributed by atoms with E-state index < -0.39 is 6.10 Å². The van der Waals surface area contributed by atoms with Crippen LogP contribution in [0.4, 0.5) is 0 Å². The first-order chi connectivity index (χ1) is 9.06. The quantitative estimate of drug-likeness (QED) is 0.839. The first-order valence-corrected chi connectivity index (χ1v) is 7.19. The summed E-state index contributed by atoms with van der Waals surface area (Å²) in [5, 5.41) is 10.4. The molecule has 100 valence electrons. The van der Waals surface area contributed by atoms with E-state index in [1.807, 2.05) is 44.2 Å². The van der Waals surface area contributed by atoms with Gasteiger partial charge in [0.15, 0.2) is 0 Å². The van der Waals surface area contributed by atoms with Gasteiger partial charge in [-0.25, -0.2) is 0 Å². The highest BCUT2D eigenvalue weighted by molar-refractivity contribution is 14.1. The normalized spacial score (nSPS) is 12.5. The van der Waals surface area contributed by atoms with Crippen molar-refractivity contribution in [2.24, 2.45) is 0 Å². The smallest absolute Gasteiger partial charge is 0.138 e. The van der Waals surface area contributed by atoms with E-state index in [2.05, 4.69) is 27.6 Å². The van der Waals surface area contributed by atoms with Crippen LogP contribution in [0, 0.1) is 3.57 Å². The Labute approximate surface area is 126 Å². The van der Waals surface area contributed by atoms with Crippen molar-refractivity contribution < 1.29 is 9.84 Å². The predicted octanol–water partition coefficient (Wildman–Crippen LogP) is 3.56. The SMILES string of the molecule is CC(C)Oc1cncc(C(O)c2cccc(I)c2)c1. The molecule has 0 aliphatic carbocycles. The standard InChI is InChI=1S/C15H16INO2/c1-10(2)19-14-7-12(8-17-9-14)15(18)11-4-3-5-13(16)6-11/h3-10,15,18H,1-2H3. The van der Waals surface area contributed by atoms with Gasteiger partial charge in [-0.1, -0.05) is 12.1 Å². The van der Waals surface area contributed by atoms with Crippen molar-refractivity contribution in [1.82, 2.24) is 4.98 Å². The molecule has 3 nitrogen and oxygen atoms in total. The fourth-order valence-corrected chi connectivity index (χ4v) is 2.36. The van der Waals surface area contributed by atoms with Crippen LogP contribution in [-0.2, 0) is 0 Å². The maximum atomic E-state index is 10.4. The summed E-state index contributed by atoms with van der Waals surface area (Å²) in [5.41, 5.74) is 1.59. The Kier molecular flexibility index (Phi) is 4.76. The van der Waals surface area contributed by atoms with Crippen molar-refractivity contribution in [3.8, 4) is 5.75 Å². The maximum absolute atomic E-state index is 10.4. The Morgan fingerprint density at radius 3 is 2.63 bits per heavy atom. The molecule has 1 atom stereocenters. The zero-order valence-corrected chi connectivity index (χ0v) is 13.0. The van der Waals surface area contributed by atoms with Crippen LogP contribution < -0.4 is 4.74 Å². The van der Waals surface area contributed by atoms with Gasteiger partial charge in [-0.2, -0.15) is 0 Å². The van der Waals surface area contributed by atoms with E-state index in [1.54, 1.807) is 12.4 Å². The summed E-state index contributed by atoms with van der Waals surface area (Å²) in [6, 6.07) is 9.62. The number of benzene rings is 1. The molecule has 2 rings (SSSR count). The molecule has 1 aromatic heterocycles. The number of hydrogen-bond donors (Lipinski definition) is 1. The summed E-state index contributed by atoms with van der Waals surface area (Å²) in [7, 11) is 0. The molecule has 0 fully saturated rings. The molecule has 0 aliphatic rings. The highest BCUT2D eigenvalue weighted by Gasteiger charge is 2.12. The lowest BCUT2D eigenvalue weighted by Crippen LogP contribution is -2.07. The number of aromatic nitrogens is 1. The molecule has 0 aliphatic heterocycles. The Bertz CT molecular complexity index is 557. The van der Waals surface area contributed by atoms with E-state index in [1.165, 1.54) is 0 Å². The number of pyridine rings is 1. The zero-order chi connectivity index (χ0) is 13.8. The molecule has 19 heavy (non-hydrogen) atoms. The van der Waals surface area contributed by atoms with Gasteiger partial charge >= 0.3 is 0 Å². The largest absolute Gasteiger partial charge is 0.489 e. The average Bonchev–Trinajstić information content (AvgIpc) is 2.37. The monoisotopic (exact) mass is 369 g/mol. The molecule has 0 saturated carbocycles. The highest BCUT2D eigenvalue weighted by atomic mass is 127.